The van der Waals surface area contributed by atoms with Gasteiger partial charge in [-0.05, 0) is 42.2 Å². The highest BCUT2D eigenvalue weighted by Gasteiger charge is 2.40. The van der Waals surface area contributed by atoms with Crippen LogP contribution in [-0.2, 0) is 15.8 Å². The molecule has 0 saturated heterocycles. The van der Waals surface area contributed by atoms with Gasteiger partial charge < -0.3 is 0 Å². The van der Waals surface area contributed by atoms with E-state index in [2.05, 4.69) is 4.72 Å². The second-order valence-electron chi connectivity index (χ2n) is 5.80. The van der Waals surface area contributed by atoms with Gasteiger partial charge in [0.05, 0.1) is 5.75 Å². The molecule has 0 aromatic heterocycles. The fourth-order valence-electron chi connectivity index (χ4n) is 2.65. The van der Waals surface area contributed by atoms with Gasteiger partial charge in [-0.15, -0.1) is 0 Å². The summed E-state index contributed by atoms with van der Waals surface area (Å²) >= 11 is 0. The maximum absolute atomic E-state index is 12.9. The van der Waals surface area contributed by atoms with E-state index in [9.17, 15) is 12.8 Å². The van der Waals surface area contributed by atoms with Gasteiger partial charge in [0.1, 0.15) is 5.82 Å². The zero-order valence-corrected chi connectivity index (χ0v) is 13.1. The van der Waals surface area contributed by atoms with Gasteiger partial charge in [0.2, 0.25) is 10.0 Å². The van der Waals surface area contributed by atoms with Crippen molar-refractivity contribution in [3.05, 3.63) is 71.0 Å². The molecule has 2 atom stereocenters. The van der Waals surface area contributed by atoms with Crippen molar-refractivity contribution >= 4 is 10.0 Å². The Morgan fingerprint density at radius 2 is 1.82 bits per heavy atom. The fraction of sp³-hybridized carbons (Fsp3) is 0.294. The molecule has 1 N–H and O–H groups in total. The van der Waals surface area contributed by atoms with E-state index >= 15 is 0 Å². The van der Waals surface area contributed by atoms with Gasteiger partial charge in [-0.2, -0.15) is 0 Å². The number of sulfonamides is 1. The quantitative estimate of drug-likeness (QED) is 0.920. The first kappa shape index (κ1) is 15.2. The fourth-order valence-corrected chi connectivity index (χ4v) is 4.19. The highest BCUT2D eigenvalue weighted by atomic mass is 32.2. The lowest BCUT2D eigenvalue weighted by molar-refractivity contribution is 0.579. The van der Waals surface area contributed by atoms with Crippen LogP contribution in [0.5, 0.6) is 0 Å². The maximum atomic E-state index is 12.9. The molecule has 3 nitrogen and oxygen atoms in total. The predicted octanol–water partition coefficient (Wildman–Crippen LogP) is 3.11. The average molecular weight is 319 g/mol. The molecule has 1 aliphatic carbocycles. The maximum Gasteiger partial charge on any atom is 0.216 e. The van der Waals surface area contributed by atoms with Gasteiger partial charge in [0.25, 0.3) is 0 Å². The molecule has 5 heteroatoms. The summed E-state index contributed by atoms with van der Waals surface area (Å²) in [7, 11) is -3.37. The molecule has 0 aliphatic heterocycles. The van der Waals surface area contributed by atoms with Crippen LogP contribution in [0.3, 0.4) is 0 Å². The van der Waals surface area contributed by atoms with E-state index in [1.807, 2.05) is 31.2 Å². The molecule has 116 valence electrons. The number of hydrogen-bond donors (Lipinski definition) is 1. The van der Waals surface area contributed by atoms with Crippen molar-refractivity contribution in [2.75, 3.05) is 0 Å². The summed E-state index contributed by atoms with van der Waals surface area (Å²) in [4.78, 5) is 0. The minimum absolute atomic E-state index is 0.00763. The Labute approximate surface area is 130 Å². The number of hydrogen-bond acceptors (Lipinski definition) is 2. The molecule has 2 aromatic carbocycles. The van der Waals surface area contributed by atoms with Gasteiger partial charge >= 0.3 is 0 Å². The number of benzene rings is 2. The largest absolute Gasteiger partial charge is 0.216 e. The van der Waals surface area contributed by atoms with Crippen LogP contribution in [0.25, 0.3) is 0 Å². The Morgan fingerprint density at radius 3 is 2.50 bits per heavy atom. The second-order valence-corrected chi connectivity index (χ2v) is 7.56. The molecule has 0 amide bonds. The zero-order valence-electron chi connectivity index (χ0n) is 12.3. The molecular weight excluding hydrogens is 301 g/mol. The molecule has 1 saturated carbocycles. The molecule has 0 heterocycles. The number of aryl methyl sites for hydroxylation is 1. The smallest absolute Gasteiger partial charge is 0.212 e. The van der Waals surface area contributed by atoms with E-state index in [4.69, 9.17) is 0 Å². The van der Waals surface area contributed by atoms with Crippen LogP contribution < -0.4 is 4.72 Å². The van der Waals surface area contributed by atoms with Gasteiger partial charge in [-0.3, -0.25) is 0 Å². The van der Waals surface area contributed by atoms with Crippen molar-refractivity contribution in [2.24, 2.45) is 0 Å². The van der Waals surface area contributed by atoms with E-state index in [1.54, 1.807) is 12.1 Å². The summed E-state index contributed by atoms with van der Waals surface area (Å²) < 4.78 is 40.2. The Bertz CT molecular complexity index is 772. The molecule has 1 fully saturated rings. The molecule has 1 aliphatic rings. The average Bonchev–Trinajstić information content (AvgIpc) is 3.20. The predicted molar refractivity (Wildman–Crippen MR) is 84.5 cm³/mol. The molecular formula is C17H18FNO2S. The van der Waals surface area contributed by atoms with Gasteiger partial charge in [-0.1, -0.05) is 36.4 Å². The van der Waals surface area contributed by atoms with Crippen molar-refractivity contribution in [2.45, 2.75) is 31.1 Å². The first-order valence-corrected chi connectivity index (χ1v) is 8.90. The normalized spacial score (nSPS) is 20.8. The lowest BCUT2D eigenvalue weighted by Gasteiger charge is -2.08. The van der Waals surface area contributed by atoms with Crippen molar-refractivity contribution in [1.29, 1.82) is 0 Å². The second kappa shape index (κ2) is 5.82. The topological polar surface area (TPSA) is 46.2 Å². The monoisotopic (exact) mass is 319 g/mol. The Kier molecular flexibility index (Phi) is 4.02. The standard InChI is InChI=1S/C17H18FNO2S/c1-12-4-2-3-5-14(12)11-22(20,21)19-17-10-16(17)13-6-8-15(18)9-7-13/h2-9,16-17,19H,10-11H2,1H3/t16-,17+/m0/s1. The molecule has 0 bridgehead atoms. The first-order valence-electron chi connectivity index (χ1n) is 7.24. The van der Waals surface area contributed by atoms with E-state index in [0.717, 1.165) is 23.1 Å². The Hall–Kier alpha value is -1.72. The van der Waals surface area contributed by atoms with Gasteiger partial charge in [0, 0.05) is 12.0 Å². The third-order valence-corrected chi connectivity index (χ3v) is 5.38. The number of halogens is 1. The van der Waals surface area contributed by atoms with E-state index in [0.29, 0.717) is 0 Å². The Balaban J connectivity index is 1.64. The van der Waals surface area contributed by atoms with Gasteiger partial charge in [-0.25, -0.2) is 17.5 Å². The SMILES string of the molecule is Cc1ccccc1CS(=O)(=O)N[C@@H]1C[C@H]1c1ccc(F)cc1. The lowest BCUT2D eigenvalue weighted by Crippen LogP contribution is -2.28. The summed E-state index contributed by atoms with van der Waals surface area (Å²) in [6.07, 6.45) is 0.763. The summed E-state index contributed by atoms with van der Waals surface area (Å²) in [6.45, 7) is 1.91. The lowest BCUT2D eigenvalue weighted by atomic mass is 10.1. The molecule has 3 rings (SSSR count). The minimum atomic E-state index is -3.37. The number of nitrogens with one attached hydrogen (secondary N) is 1. The summed E-state index contributed by atoms with van der Waals surface area (Å²) in [5, 5.41) is 0. The highest BCUT2D eigenvalue weighted by molar-refractivity contribution is 7.88. The summed E-state index contributed by atoms with van der Waals surface area (Å²) in [5.41, 5.74) is 2.76. The van der Waals surface area contributed by atoms with Gasteiger partial charge in [0.15, 0.2) is 0 Å². The third kappa shape index (κ3) is 3.54. The van der Waals surface area contributed by atoms with Crippen molar-refractivity contribution in [3.63, 3.8) is 0 Å². The van der Waals surface area contributed by atoms with Crippen LogP contribution in [0, 0.1) is 12.7 Å². The highest BCUT2D eigenvalue weighted by Crippen LogP contribution is 2.41. The molecule has 0 radical (unpaired) electrons. The van der Waals surface area contributed by atoms with Crippen LogP contribution in [0.4, 0.5) is 4.39 Å². The van der Waals surface area contributed by atoms with Crippen LogP contribution >= 0.6 is 0 Å². The first-order chi connectivity index (χ1) is 10.4. The minimum Gasteiger partial charge on any atom is -0.212 e. The van der Waals surface area contributed by atoms with Crippen LogP contribution in [0.15, 0.2) is 48.5 Å². The molecule has 2 aromatic rings. The Morgan fingerprint density at radius 1 is 1.14 bits per heavy atom. The van der Waals surface area contributed by atoms with E-state index in [-0.39, 0.29) is 23.5 Å². The van der Waals surface area contributed by atoms with E-state index in [1.165, 1.54) is 12.1 Å². The van der Waals surface area contributed by atoms with Crippen molar-refractivity contribution < 1.29 is 12.8 Å². The number of rotatable bonds is 5. The summed E-state index contributed by atoms with van der Waals surface area (Å²) in [5.74, 6) is -0.139. The van der Waals surface area contributed by atoms with Crippen LogP contribution in [0.1, 0.15) is 29.0 Å². The van der Waals surface area contributed by atoms with Crippen LogP contribution in [-0.4, -0.2) is 14.5 Å². The van der Waals surface area contributed by atoms with Crippen molar-refractivity contribution in [3.8, 4) is 0 Å². The molecule has 22 heavy (non-hydrogen) atoms. The third-order valence-electron chi connectivity index (χ3n) is 4.03. The zero-order chi connectivity index (χ0) is 15.7. The molecule has 0 unspecified atom stereocenters. The molecule has 0 spiro atoms. The van der Waals surface area contributed by atoms with Crippen molar-refractivity contribution in [1.82, 2.24) is 4.72 Å². The summed E-state index contributed by atoms with van der Waals surface area (Å²) in [6, 6.07) is 13.6. The van der Waals surface area contributed by atoms with E-state index < -0.39 is 10.0 Å². The van der Waals surface area contributed by atoms with Crippen LogP contribution in [0.2, 0.25) is 0 Å².